The number of hydrogen-bond acceptors (Lipinski definition) is 6. The predicted octanol–water partition coefficient (Wildman–Crippen LogP) is 4.49. The van der Waals surface area contributed by atoms with E-state index in [0.717, 1.165) is 53.3 Å². The smallest absolute Gasteiger partial charge is 0.247 e. The van der Waals surface area contributed by atoms with E-state index in [1.165, 1.54) is 17.3 Å². The molecule has 1 aromatic heterocycles. The number of ether oxygens (including phenoxy) is 1. The molecule has 2 heterocycles. The van der Waals surface area contributed by atoms with Crippen molar-refractivity contribution < 1.29 is 9.53 Å². The first-order chi connectivity index (χ1) is 15.6. The van der Waals surface area contributed by atoms with Gasteiger partial charge in [0.25, 0.3) is 0 Å². The molecule has 7 heteroatoms. The molecule has 4 rings (SSSR count). The quantitative estimate of drug-likeness (QED) is 0.426. The largest absolute Gasteiger partial charge is 0.378 e. The molecule has 3 aromatic rings. The lowest BCUT2D eigenvalue weighted by molar-refractivity contribution is -0.111. The highest BCUT2D eigenvalue weighted by Crippen LogP contribution is 2.29. The van der Waals surface area contributed by atoms with Crippen molar-refractivity contribution in [1.29, 1.82) is 0 Å². The zero-order valence-corrected chi connectivity index (χ0v) is 18.9. The normalized spacial score (nSPS) is 13.6. The van der Waals surface area contributed by atoms with Crippen molar-refractivity contribution in [3.8, 4) is 0 Å². The standard InChI is InChI=1S/C25H26N4O2S/c1-3-24(30)27-20-7-9-22(10-8-20)32-25-18(2)17-26-23(28-25)16-19-5-4-6-21(15-19)29-11-13-31-14-12-29/h3-10,15,17H,1,11-14,16H2,2H3,(H,27,30). The van der Waals surface area contributed by atoms with Crippen molar-refractivity contribution in [1.82, 2.24) is 9.97 Å². The van der Waals surface area contributed by atoms with Crippen LogP contribution in [0.1, 0.15) is 17.0 Å². The molecule has 1 N–H and O–H groups in total. The Morgan fingerprint density at radius 1 is 1.22 bits per heavy atom. The van der Waals surface area contributed by atoms with Gasteiger partial charge in [0.2, 0.25) is 5.91 Å². The summed E-state index contributed by atoms with van der Waals surface area (Å²) < 4.78 is 5.46. The Morgan fingerprint density at radius 3 is 2.75 bits per heavy atom. The fourth-order valence-electron chi connectivity index (χ4n) is 3.43. The number of aromatic nitrogens is 2. The first-order valence-electron chi connectivity index (χ1n) is 10.6. The number of rotatable bonds is 7. The monoisotopic (exact) mass is 446 g/mol. The molecule has 1 amide bonds. The highest BCUT2D eigenvalue weighted by atomic mass is 32.2. The minimum Gasteiger partial charge on any atom is -0.378 e. The summed E-state index contributed by atoms with van der Waals surface area (Å²) in [5.74, 6) is 0.575. The number of hydrogen-bond donors (Lipinski definition) is 1. The van der Waals surface area contributed by atoms with Crippen LogP contribution in [0.2, 0.25) is 0 Å². The van der Waals surface area contributed by atoms with Gasteiger partial charge in [-0.3, -0.25) is 4.79 Å². The van der Waals surface area contributed by atoms with E-state index >= 15 is 0 Å². The molecule has 1 aliphatic rings. The van der Waals surface area contributed by atoms with Crippen LogP contribution in [-0.4, -0.2) is 42.2 Å². The van der Waals surface area contributed by atoms with E-state index in [1.54, 1.807) is 11.8 Å². The van der Waals surface area contributed by atoms with E-state index in [1.807, 2.05) is 37.4 Å². The average molecular weight is 447 g/mol. The molecule has 0 aliphatic carbocycles. The minimum absolute atomic E-state index is 0.223. The van der Waals surface area contributed by atoms with Crippen molar-refractivity contribution in [2.24, 2.45) is 0 Å². The van der Waals surface area contributed by atoms with E-state index in [4.69, 9.17) is 9.72 Å². The maximum Gasteiger partial charge on any atom is 0.247 e. The molecule has 0 atom stereocenters. The summed E-state index contributed by atoms with van der Waals surface area (Å²) in [6.07, 6.45) is 3.82. The Morgan fingerprint density at radius 2 is 2.00 bits per heavy atom. The number of morpholine rings is 1. The lowest BCUT2D eigenvalue weighted by Gasteiger charge is -2.29. The van der Waals surface area contributed by atoms with Gasteiger partial charge in [-0.25, -0.2) is 9.97 Å². The number of carbonyl (C=O) groups is 1. The average Bonchev–Trinajstić information content (AvgIpc) is 2.83. The molecule has 1 saturated heterocycles. The van der Waals surface area contributed by atoms with Crippen LogP contribution in [0, 0.1) is 6.92 Å². The van der Waals surface area contributed by atoms with Crippen LogP contribution >= 0.6 is 11.8 Å². The van der Waals surface area contributed by atoms with Gasteiger partial charge >= 0.3 is 0 Å². The van der Waals surface area contributed by atoms with Gasteiger partial charge in [-0.1, -0.05) is 30.5 Å². The van der Waals surface area contributed by atoms with E-state index in [9.17, 15) is 4.79 Å². The Hall–Kier alpha value is -3.16. The van der Waals surface area contributed by atoms with Crippen LogP contribution in [0.4, 0.5) is 11.4 Å². The van der Waals surface area contributed by atoms with Crippen molar-refractivity contribution in [3.63, 3.8) is 0 Å². The Labute approximate surface area is 192 Å². The summed E-state index contributed by atoms with van der Waals surface area (Å²) in [5.41, 5.74) is 4.18. The summed E-state index contributed by atoms with van der Waals surface area (Å²) in [6.45, 7) is 8.87. The van der Waals surface area contributed by atoms with E-state index < -0.39 is 0 Å². The SMILES string of the molecule is C=CC(=O)Nc1ccc(Sc2nc(Cc3cccc(N4CCOCC4)c3)ncc2C)cc1. The number of carbonyl (C=O) groups excluding carboxylic acids is 1. The maximum atomic E-state index is 11.4. The number of amides is 1. The van der Waals surface area contributed by atoms with Gasteiger partial charge in [0.1, 0.15) is 10.9 Å². The topological polar surface area (TPSA) is 67.4 Å². The molecule has 164 valence electrons. The fourth-order valence-corrected chi connectivity index (χ4v) is 4.29. The summed E-state index contributed by atoms with van der Waals surface area (Å²) in [5, 5.41) is 3.69. The first-order valence-corrected chi connectivity index (χ1v) is 11.4. The van der Waals surface area contributed by atoms with Crippen LogP contribution in [0.25, 0.3) is 0 Å². The molecular formula is C25H26N4O2S. The van der Waals surface area contributed by atoms with E-state index in [-0.39, 0.29) is 5.91 Å². The molecular weight excluding hydrogens is 420 g/mol. The van der Waals surface area contributed by atoms with Gasteiger partial charge in [0, 0.05) is 42.0 Å². The van der Waals surface area contributed by atoms with Crippen molar-refractivity contribution >= 4 is 29.0 Å². The van der Waals surface area contributed by atoms with Gasteiger partial charge in [-0.05, 0) is 60.5 Å². The van der Waals surface area contributed by atoms with E-state index in [2.05, 4.69) is 46.0 Å². The second-order valence-corrected chi connectivity index (χ2v) is 8.60. The molecule has 1 aliphatic heterocycles. The summed E-state index contributed by atoms with van der Waals surface area (Å²) in [4.78, 5) is 24.2. The highest BCUT2D eigenvalue weighted by Gasteiger charge is 2.12. The third kappa shape index (κ3) is 5.75. The molecule has 0 unspecified atom stereocenters. The molecule has 0 bridgehead atoms. The Bertz CT molecular complexity index is 1100. The number of anilines is 2. The number of aryl methyl sites for hydroxylation is 1. The minimum atomic E-state index is -0.223. The Kier molecular flexibility index (Phi) is 7.19. The van der Waals surface area contributed by atoms with Crippen molar-refractivity contribution in [2.75, 3.05) is 36.5 Å². The van der Waals surface area contributed by atoms with Gasteiger partial charge < -0.3 is 15.0 Å². The van der Waals surface area contributed by atoms with Crippen LogP contribution in [0.5, 0.6) is 0 Å². The lowest BCUT2D eigenvalue weighted by Crippen LogP contribution is -2.36. The number of benzene rings is 2. The van der Waals surface area contributed by atoms with Crippen LogP contribution < -0.4 is 10.2 Å². The second-order valence-electron chi connectivity index (χ2n) is 7.54. The summed E-state index contributed by atoms with van der Waals surface area (Å²) in [6, 6.07) is 16.3. The van der Waals surface area contributed by atoms with Gasteiger partial charge in [-0.15, -0.1) is 0 Å². The van der Waals surface area contributed by atoms with E-state index in [0.29, 0.717) is 6.42 Å². The van der Waals surface area contributed by atoms with Crippen molar-refractivity contribution in [3.05, 3.63) is 84.3 Å². The maximum absolute atomic E-state index is 11.4. The third-order valence-electron chi connectivity index (χ3n) is 5.15. The lowest BCUT2D eigenvalue weighted by atomic mass is 10.1. The molecule has 0 radical (unpaired) electrons. The molecule has 32 heavy (non-hydrogen) atoms. The van der Waals surface area contributed by atoms with Crippen LogP contribution in [-0.2, 0) is 16.0 Å². The van der Waals surface area contributed by atoms with Crippen molar-refractivity contribution in [2.45, 2.75) is 23.3 Å². The molecule has 1 fully saturated rings. The predicted molar refractivity (Wildman–Crippen MR) is 128 cm³/mol. The van der Waals surface area contributed by atoms with Gasteiger partial charge in [0.15, 0.2) is 0 Å². The number of nitrogens with zero attached hydrogens (tertiary/aromatic N) is 3. The number of nitrogens with one attached hydrogen (secondary N) is 1. The highest BCUT2D eigenvalue weighted by molar-refractivity contribution is 7.99. The first kappa shape index (κ1) is 22.0. The second kappa shape index (κ2) is 10.4. The third-order valence-corrected chi connectivity index (χ3v) is 6.26. The van der Waals surface area contributed by atoms with Gasteiger partial charge in [-0.2, -0.15) is 0 Å². The van der Waals surface area contributed by atoms with Crippen LogP contribution in [0.3, 0.4) is 0 Å². The zero-order chi connectivity index (χ0) is 22.3. The van der Waals surface area contributed by atoms with Gasteiger partial charge in [0.05, 0.1) is 13.2 Å². The fraction of sp³-hybridized carbons (Fsp3) is 0.240. The zero-order valence-electron chi connectivity index (χ0n) is 18.1. The molecule has 0 spiro atoms. The van der Waals surface area contributed by atoms with Crippen LogP contribution in [0.15, 0.2) is 77.3 Å². The molecule has 2 aromatic carbocycles. The summed E-state index contributed by atoms with van der Waals surface area (Å²) >= 11 is 1.59. The Balaban J connectivity index is 1.46. The summed E-state index contributed by atoms with van der Waals surface area (Å²) in [7, 11) is 0. The molecule has 6 nitrogen and oxygen atoms in total. The molecule has 0 saturated carbocycles.